The first-order chi connectivity index (χ1) is 10.9. The molecule has 24 heavy (non-hydrogen) atoms. The molecule has 0 saturated carbocycles. The van der Waals surface area contributed by atoms with Gasteiger partial charge in [-0.25, -0.2) is 0 Å². The number of nitro groups is 1. The Morgan fingerprint density at radius 3 is 2.54 bits per heavy atom. The summed E-state index contributed by atoms with van der Waals surface area (Å²) in [6, 6.07) is 3.83. The normalized spacial score (nSPS) is 9.96. The highest BCUT2D eigenvalue weighted by atomic mass is 35.5. The average Bonchev–Trinajstić information content (AvgIpc) is 2.46. The lowest BCUT2D eigenvalue weighted by Gasteiger charge is -2.19. The predicted octanol–water partition coefficient (Wildman–Crippen LogP) is 1.76. The van der Waals surface area contributed by atoms with Crippen LogP contribution in [0.4, 0.5) is 11.4 Å². The number of non-ortho nitro benzene ring substituents is 1. The van der Waals surface area contributed by atoms with Crippen molar-refractivity contribution in [2.45, 2.75) is 13.3 Å². The average molecular weight is 362 g/mol. The van der Waals surface area contributed by atoms with Gasteiger partial charge in [-0.15, -0.1) is 12.4 Å². The second-order valence-corrected chi connectivity index (χ2v) is 4.79. The van der Waals surface area contributed by atoms with Crippen LogP contribution >= 0.6 is 12.4 Å². The van der Waals surface area contributed by atoms with Crippen LogP contribution in [0.15, 0.2) is 18.2 Å². The molecule has 0 aromatic heterocycles. The number of amides is 1. The number of carboxylic acids is 1. The van der Waals surface area contributed by atoms with E-state index in [1.807, 2.05) is 6.92 Å². The zero-order chi connectivity index (χ0) is 17.4. The topological polar surface area (TPSA) is 122 Å². The largest absolute Gasteiger partial charge is 0.494 e. The fraction of sp³-hybridized carbons (Fsp3) is 0.429. The number of nitrogens with zero attached hydrogens (tertiary/aromatic N) is 2. The number of hydrogen-bond donors (Lipinski definition) is 2. The Balaban J connectivity index is 0.00000529. The van der Waals surface area contributed by atoms with E-state index in [1.54, 1.807) is 0 Å². The van der Waals surface area contributed by atoms with E-state index in [0.717, 1.165) is 0 Å². The quantitative estimate of drug-likeness (QED) is 0.507. The summed E-state index contributed by atoms with van der Waals surface area (Å²) in [7, 11) is 1.34. The molecular formula is C14H20ClN3O6. The standard InChI is InChI=1S/C14H19N3O6.ClH/c1-3-6-16(9-14(19)20)8-13(18)15-11-5-4-10(17(21)22)7-12(11)23-2;/h4-5,7H,3,6,8-9H2,1-2H3,(H,15,18)(H,19,20);1H. The van der Waals surface area contributed by atoms with E-state index < -0.39 is 16.8 Å². The van der Waals surface area contributed by atoms with E-state index in [4.69, 9.17) is 9.84 Å². The van der Waals surface area contributed by atoms with Crippen LogP contribution in [0, 0.1) is 10.1 Å². The predicted molar refractivity (Wildman–Crippen MR) is 89.9 cm³/mol. The first-order valence-electron chi connectivity index (χ1n) is 6.93. The van der Waals surface area contributed by atoms with Crippen molar-refractivity contribution in [2.75, 3.05) is 32.1 Å². The van der Waals surface area contributed by atoms with Crippen molar-refractivity contribution in [2.24, 2.45) is 0 Å². The van der Waals surface area contributed by atoms with E-state index in [0.29, 0.717) is 13.0 Å². The Hall–Kier alpha value is -2.39. The molecule has 0 saturated heterocycles. The zero-order valence-corrected chi connectivity index (χ0v) is 14.2. The number of halogens is 1. The van der Waals surface area contributed by atoms with Crippen molar-refractivity contribution >= 4 is 35.7 Å². The third-order valence-electron chi connectivity index (χ3n) is 2.94. The Kier molecular flexibility index (Phi) is 9.36. The summed E-state index contributed by atoms with van der Waals surface area (Å²) in [6.07, 6.45) is 0.710. The minimum absolute atomic E-state index is 0. The van der Waals surface area contributed by atoms with E-state index >= 15 is 0 Å². The highest BCUT2D eigenvalue weighted by Gasteiger charge is 2.16. The van der Waals surface area contributed by atoms with E-state index in [1.165, 1.54) is 30.2 Å². The van der Waals surface area contributed by atoms with Crippen LogP contribution in [0.3, 0.4) is 0 Å². The Morgan fingerprint density at radius 2 is 2.04 bits per heavy atom. The van der Waals surface area contributed by atoms with E-state index in [2.05, 4.69) is 5.32 Å². The zero-order valence-electron chi connectivity index (χ0n) is 13.4. The molecule has 0 unspecified atom stereocenters. The highest BCUT2D eigenvalue weighted by molar-refractivity contribution is 5.94. The van der Waals surface area contributed by atoms with Gasteiger partial charge in [0.25, 0.3) is 5.69 Å². The van der Waals surface area contributed by atoms with Crippen molar-refractivity contribution in [3.05, 3.63) is 28.3 Å². The molecule has 0 aliphatic heterocycles. The van der Waals surface area contributed by atoms with Gasteiger partial charge in [0.2, 0.25) is 5.91 Å². The number of carbonyl (C=O) groups is 2. The van der Waals surface area contributed by atoms with E-state index in [9.17, 15) is 19.7 Å². The van der Waals surface area contributed by atoms with Gasteiger partial charge in [0.05, 0.1) is 36.9 Å². The van der Waals surface area contributed by atoms with Crippen LogP contribution < -0.4 is 10.1 Å². The second kappa shape index (κ2) is 10.4. The molecule has 0 atom stereocenters. The SMILES string of the molecule is CCCN(CC(=O)O)CC(=O)Nc1ccc([N+](=O)[O-])cc1OC.Cl. The van der Waals surface area contributed by atoms with Gasteiger partial charge in [-0.05, 0) is 19.0 Å². The fourth-order valence-corrected chi connectivity index (χ4v) is 2.01. The monoisotopic (exact) mass is 361 g/mol. The molecule has 0 heterocycles. The first-order valence-corrected chi connectivity index (χ1v) is 6.93. The van der Waals surface area contributed by atoms with Crippen LogP contribution in [0.1, 0.15) is 13.3 Å². The number of nitrogens with one attached hydrogen (secondary N) is 1. The lowest BCUT2D eigenvalue weighted by Crippen LogP contribution is -2.37. The number of anilines is 1. The number of nitro benzene ring substituents is 1. The summed E-state index contributed by atoms with van der Waals surface area (Å²) in [4.78, 5) is 34.5. The molecule has 0 fully saturated rings. The number of ether oxygens (including phenoxy) is 1. The van der Waals surface area contributed by atoms with Crippen LogP contribution in [0.2, 0.25) is 0 Å². The summed E-state index contributed by atoms with van der Waals surface area (Å²) < 4.78 is 5.03. The number of benzene rings is 1. The molecule has 10 heteroatoms. The molecule has 9 nitrogen and oxygen atoms in total. The Labute approximate surface area is 145 Å². The number of rotatable bonds is 9. The summed E-state index contributed by atoms with van der Waals surface area (Å²) in [6.45, 7) is 2.02. The number of aliphatic carboxylic acids is 1. The lowest BCUT2D eigenvalue weighted by molar-refractivity contribution is -0.384. The van der Waals surface area contributed by atoms with Gasteiger partial charge in [-0.2, -0.15) is 0 Å². The minimum atomic E-state index is -1.01. The number of carbonyl (C=O) groups excluding carboxylic acids is 1. The van der Waals surface area contributed by atoms with Crippen molar-refractivity contribution in [3.63, 3.8) is 0 Å². The Morgan fingerprint density at radius 1 is 1.38 bits per heavy atom. The maximum Gasteiger partial charge on any atom is 0.317 e. The fourth-order valence-electron chi connectivity index (χ4n) is 2.01. The van der Waals surface area contributed by atoms with Crippen LogP contribution in [-0.2, 0) is 9.59 Å². The van der Waals surface area contributed by atoms with Gasteiger partial charge in [0.1, 0.15) is 5.75 Å². The van der Waals surface area contributed by atoms with Crippen LogP contribution in [0.5, 0.6) is 5.75 Å². The lowest BCUT2D eigenvalue weighted by atomic mass is 10.2. The van der Waals surface area contributed by atoms with Gasteiger partial charge < -0.3 is 15.2 Å². The molecule has 0 aliphatic carbocycles. The second-order valence-electron chi connectivity index (χ2n) is 4.79. The van der Waals surface area contributed by atoms with Crippen molar-refractivity contribution in [1.82, 2.24) is 4.90 Å². The highest BCUT2D eigenvalue weighted by Crippen LogP contribution is 2.28. The molecule has 1 amide bonds. The molecule has 1 aromatic carbocycles. The summed E-state index contributed by atoms with van der Waals surface area (Å²) >= 11 is 0. The Bertz CT molecular complexity index is 596. The number of carboxylic acid groups (broad SMARTS) is 1. The molecule has 2 N–H and O–H groups in total. The molecule has 0 radical (unpaired) electrons. The molecule has 1 rings (SSSR count). The third kappa shape index (κ3) is 6.80. The van der Waals surface area contributed by atoms with E-state index in [-0.39, 0.29) is 42.6 Å². The van der Waals surface area contributed by atoms with Gasteiger partial charge in [-0.3, -0.25) is 24.6 Å². The van der Waals surface area contributed by atoms with Crippen LogP contribution in [0.25, 0.3) is 0 Å². The molecule has 134 valence electrons. The van der Waals surface area contributed by atoms with Crippen molar-refractivity contribution < 1.29 is 24.4 Å². The molecule has 0 spiro atoms. The van der Waals surface area contributed by atoms with Gasteiger partial charge in [0.15, 0.2) is 0 Å². The van der Waals surface area contributed by atoms with Gasteiger partial charge in [0, 0.05) is 6.07 Å². The summed E-state index contributed by atoms with van der Waals surface area (Å²) in [5.41, 5.74) is 0.133. The first kappa shape index (κ1) is 21.6. The van der Waals surface area contributed by atoms with Gasteiger partial charge >= 0.3 is 5.97 Å². The van der Waals surface area contributed by atoms with Crippen molar-refractivity contribution in [3.8, 4) is 5.75 Å². The molecule has 0 aliphatic rings. The number of hydrogen-bond acceptors (Lipinski definition) is 6. The maximum atomic E-state index is 12.0. The van der Waals surface area contributed by atoms with Crippen molar-refractivity contribution in [1.29, 1.82) is 0 Å². The smallest absolute Gasteiger partial charge is 0.317 e. The maximum absolute atomic E-state index is 12.0. The summed E-state index contributed by atoms with van der Waals surface area (Å²) in [5, 5.41) is 22.1. The summed E-state index contributed by atoms with van der Waals surface area (Å²) in [5.74, 6) is -1.28. The minimum Gasteiger partial charge on any atom is -0.494 e. The number of methoxy groups -OCH3 is 1. The van der Waals surface area contributed by atoms with Gasteiger partial charge in [-0.1, -0.05) is 6.92 Å². The molecule has 1 aromatic rings. The van der Waals surface area contributed by atoms with Crippen LogP contribution in [-0.4, -0.2) is 53.6 Å². The molecular weight excluding hydrogens is 342 g/mol. The third-order valence-corrected chi connectivity index (χ3v) is 2.94. The molecule has 0 bridgehead atoms.